The molecule has 0 amide bonds. The number of benzene rings is 2. The molecule has 3 rings (SSSR count). The summed E-state index contributed by atoms with van der Waals surface area (Å²) in [6.45, 7) is 0. The fourth-order valence-corrected chi connectivity index (χ4v) is 2.62. The number of halogens is 2. The largest absolute Gasteiger partial charge is 0.348 e. The molecule has 0 unspecified atom stereocenters. The Morgan fingerprint density at radius 3 is 2.57 bits per heavy atom. The fourth-order valence-electron chi connectivity index (χ4n) is 2.23. The number of aromatic nitrogens is 2. The lowest BCUT2D eigenvalue weighted by atomic mass is 10.1. The summed E-state index contributed by atoms with van der Waals surface area (Å²) in [6, 6.07) is 15.8. The number of nitrogens with zero attached hydrogens (tertiary/aromatic N) is 1. The third-order valence-corrected chi connectivity index (χ3v) is 3.89. The van der Waals surface area contributed by atoms with Crippen molar-refractivity contribution >= 4 is 23.2 Å². The number of rotatable bonds is 4. The van der Waals surface area contributed by atoms with E-state index in [2.05, 4.69) is 34.2 Å². The summed E-state index contributed by atoms with van der Waals surface area (Å²) in [7, 11) is 0. The number of aromatic amines is 1. The van der Waals surface area contributed by atoms with Gasteiger partial charge in [-0.15, -0.1) is 0 Å². The highest BCUT2D eigenvalue weighted by atomic mass is 35.5. The maximum Gasteiger partial charge on any atom is 0.107 e. The van der Waals surface area contributed by atoms with Crippen molar-refractivity contribution in [2.75, 3.05) is 0 Å². The Balaban J connectivity index is 1.76. The first-order valence-corrected chi connectivity index (χ1v) is 7.51. The van der Waals surface area contributed by atoms with Gasteiger partial charge in [-0.05, 0) is 30.2 Å². The number of H-pyrrole nitrogens is 1. The van der Waals surface area contributed by atoms with Crippen LogP contribution in [-0.2, 0) is 12.8 Å². The second kappa shape index (κ2) is 6.33. The van der Waals surface area contributed by atoms with E-state index in [1.165, 1.54) is 5.56 Å². The van der Waals surface area contributed by atoms with Crippen LogP contribution in [-0.4, -0.2) is 9.97 Å². The molecule has 0 aliphatic heterocycles. The molecule has 0 saturated heterocycles. The Kier molecular flexibility index (Phi) is 4.28. The fraction of sp³-hybridized carbons (Fsp3) is 0.118. The van der Waals surface area contributed by atoms with Crippen molar-refractivity contribution in [2.24, 2.45) is 0 Å². The van der Waals surface area contributed by atoms with E-state index in [-0.39, 0.29) is 0 Å². The first-order chi connectivity index (χ1) is 10.2. The van der Waals surface area contributed by atoms with E-state index in [0.29, 0.717) is 10.0 Å². The highest BCUT2D eigenvalue weighted by Crippen LogP contribution is 2.29. The van der Waals surface area contributed by atoms with Crippen LogP contribution >= 0.6 is 23.2 Å². The van der Waals surface area contributed by atoms with Crippen molar-refractivity contribution < 1.29 is 0 Å². The first kappa shape index (κ1) is 14.2. The van der Waals surface area contributed by atoms with E-state index < -0.39 is 0 Å². The Morgan fingerprint density at radius 2 is 1.76 bits per heavy atom. The normalized spacial score (nSPS) is 10.8. The van der Waals surface area contributed by atoms with Crippen molar-refractivity contribution in [1.29, 1.82) is 0 Å². The molecule has 4 heteroatoms. The number of hydrogen-bond acceptors (Lipinski definition) is 1. The summed E-state index contributed by atoms with van der Waals surface area (Å²) >= 11 is 12.2. The predicted molar refractivity (Wildman–Crippen MR) is 87.9 cm³/mol. The van der Waals surface area contributed by atoms with Gasteiger partial charge in [0.05, 0.1) is 10.7 Å². The SMILES string of the molecule is Clc1ccc(Cl)c(-c2c[nH]c(CCc3ccccc3)n2)c1. The van der Waals surface area contributed by atoms with Gasteiger partial charge in [0, 0.05) is 23.2 Å². The van der Waals surface area contributed by atoms with Crippen LogP contribution in [0.15, 0.2) is 54.7 Å². The van der Waals surface area contributed by atoms with Crippen molar-refractivity contribution in [3.8, 4) is 11.3 Å². The zero-order valence-electron chi connectivity index (χ0n) is 11.3. The van der Waals surface area contributed by atoms with E-state index in [9.17, 15) is 0 Å². The van der Waals surface area contributed by atoms with Crippen molar-refractivity contribution in [2.45, 2.75) is 12.8 Å². The van der Waals surface area contributed by atoms with Crippen LogP contribution < -0.4 is 0 Å². The summed E-state index contributed by atoms with van der Waals surface area (Å²) in [5.41, 5.74) is 2.98. The van der Waals surface area contributed by atoms with Gasteiger partial charge >= 0.3 is 0 Å². The van der Waals surface area contributed by atoms with Gasteiger partial charge in [-0.2, -0.15) is 0 Å². The Bertz CT molecular complexity index is 736. The Labute approximate surface area is 133 Å². The van der Waals surface area contributed by atoms with E-state index >= 15 is 0 Å². The summed E-state index contributed by atoms with van der Waals surface area (Å²) in [6.07, 6.45) is 3.69. The molecule has 0 fully saturated rings. The zero-order valence-corrected chi connectivity index (χ0v) is 12.8. The number of imidazole rings is 1. The molecule has 21 heavy (non-hydrogen) atoms. The second-order valence-electron chi connectivity index (χ2n) is 4.84. The van der Waals surface area contributed by atoms with Gasteiger partial charge in [0.1, 0.15) is 5.82 Å². The average molecular weight is 317 g/mol. The molecule has 106 valence electrons. The molecule has 2 aromatic carbocycles. The summed E-state index contributed by atoms with van der Waals surface area (Å²) < 4.78 is 0. The van der Waals surface area contributed by atoms with Crippen LogP contribution in [0.1, 0.15) is 11.4 Å². The van der Waals surface area contributed by atoms with Crippen LogP contribution in [0, 0.1) is 0 Å². The summed E-state index contributed by atoms with van der Waals surface area (Å²) in [4.78, 5) is 7.81. The number of aryl methyl sites for hydroxylation is 2. The molecule has 0 bridgehead atoms. The van der Waals surface area contributed by atoms with Crippen molar-refractivity contribution in [3.63, 3.8) is 0 Å². The smallest absolute Gasteiger partial charge is 0.107 e. The van der Waals surface area contributed by atoms with Crippen LogP contribution in [0.5, 0.6) is 0 Å². The lowest BCUT2D eigenvalue weighted by molar-refractivity contribution is 0.885. The van der Waals surface area contributed by atoms with Gasteiger partial charge in [0.2, 0.25) is 0 Å². The molecule has 0 radical (unpaired) electrons. The molecular formula is C17H14Cl2N2. The van der Waals surface area contributed by atoms with E-state index in [1.807, 2.05) is 18.3 Å². The molecule has 0 aliphatic rings. The van der Waals surface area contributed by atoms with Gasteiger partial charge in [0.15, 0.2) is 0 Å². The molecule has 1 N–H and O–H groups in total. The molecular weight excluding hydrogens is 303 g/mol. The molecule has 0 atom stereocenters. The quantitative estimate of drug-likeness (QED) is 0.706. The molecule has 1 aromatic heterocycles. The average Bonchev–Trinajstić information content (AvgIpc) is 2.97. The highest BCUT2D eigenvalue weighted by molar-refractivity contribution is 6.35. The van der Waals surface area contributed by atoms with Gasteiger partial charge in [-0.25, -0.2) is 4.98 Å². The topological polar surface area (TPSA) is 28.7 Å². The van der Waals surface area contributed by atoms with Gasteiger partial charge in [0.25, 0.3) is 0 Å². The molecule has 0 aliphatic carbocycles. The van der Waals surface area contributed by atoms with E-state index in [4.69, 9.17) is 23.2 Å². The van der Waals surface area contributed by atoms with Gasteiger partial charge in [-0.3, -0.25) is 0 Å². The van der Waals surface area contributed by atoms with Crippen LogP contribution in [0.4, 0.5) is 0 Å². The molecule has 3 aromatic rings. The summed E-state index contributed by atoms with van der Waals surface area (Å²) in [5, 5.41) is 1.31. The second-order valence-corrected chi connectivity index (χ2v) is 5.69. The lowest BCUT2D eigenvalue weighted by Gasteiger charge is -2.01. The molecule has 2 nitrogen and oxygen atoms in total. The monoisotopic (exact) mass is 316 g/mol. The molecule has 1 heterocycles. The first-order valence-electron chi connectivity index (χ1n) is 6.76. The maximum atomic E-state index is 6.20. The number of nitrogens with one attached hydrogen (secondary N) is 1. The molecule has 0 saturated carbocycles. The van der Waals surface area contributed by atoms with Gasteiger partial charge in [-0.1, -0.05) is 53.5 Å². The van der Waals surface area contributed by atoms with Crippen LogP contribution in [0.25, 0.3) is 11.3 Å². The van der Waals surface area contributed by atoms with Crippen molar-refractivity contribution in [1.82, 2.24) is 9.97 Å². The predicted octanol–water partition coefficient (Wildman–Crippen LogP) is 5.17. The van der Waals surface area contributed by atoms with E-state index in [0.717, 1.165) is 29.9 Å². The minimum absolute atomic E-state index is 0.653. The van der Waals surface area contributed by atoms with Crippen molar-refractivity contribution in [3.05, 3.63) is 76.2 Å². The third kappa shape index (κ3) is 3.46. The lowest BCUT2D eigenvalue weighted by Crippen LogP contribution is -1.93. The van der Waals surface area contributed by atoms with Gasteiger partial charge < -0.3 is 4.98 Å². The van der Waals surface area contributed by atoms with Crippen LogP contribution in [0.3, 0.4) is 0 Å². The highest BCUT2D eigenvalue weighted by Gasteiger charge is 2.08. The Morgan fingerprint density at radius 1 is 0.952 bits per heavy atom. The summed E-state index contributed by atoms with van der Waals surface area (Å²) in [5.74, 6) is 0.949. The Hall–Kier alpha value is -1.77. The molecule has 0 spiro atoms. The maximum absolute atomic E-state index is 6.20. The minimum Gasteiger partial charge on any atom is -0.348 e. The van der Waals surface area contributed by atoms with E-state index in [1.54, 1.807) is 12.1 Å². The van der Waals surface area contributed by atoms with Crippen LogP contribution in [0.2, 0.25) is 10.0 Å². The minimum atomic E-state index is 0.653. The third-order valence-electron chi connectivity index (χ3n) is 3.33. The zero-order chi connectivity index (χ0) is 14.7. The number of hydrogen-bond donors (Lipinski definition) is 1. The standard InChI is InChI=1S/C17H14Cl2N2/c18-13-7-8-15(19)14(10-13)16-11-20-17(21-16)9-6-12-4-2-1-3-5-12/h1-5,7-8,10-11H,6,9H2,(H,20,21).